The van der Waals surface area contributed by atoms with Gasteiger partial charge in [-0.1, -0.05) is 0 Å². The molecule has 0 aromatic heterocycles. The van der Waals surface area contributed by atoms with Crippen LogP contribution in [0, 0.1) is 11.3 Å². The third kappa shape index (κ3) is 3.66. The van der Waals surface area contributed by atoms with Crippen molar-refractivity contribution in [3.63, 3.8) is 0 Å². The minimum atomic E-state index is -3.19. The van der Waals surface area contributed by atoms with E-state index in [0.717, 1.165) is 12.8 Å². The summed E-state index contributed by atoms with van der Waals surface area (Å²) in [6, 6.07) is 0. The van der Waals surface area contributed by atoms with Crippen molar-refractivity contribution < 1.29 is 18.3 Å². The highest BCUT2D eigenvalue weighted by atomic mass is 32.2. The third-order valence-electron chi connectivity index (χ3n) is 3.66. The Morgan fingerprint density at radius 3 is 2.61 bits per heavy atom. The minimum Gasteiger partial charge on any atom is -0.481 e. The van der Waals surface area contributed by atoms with Crippen LogP contribution in [0.15, 0.2) is 0 Å². The van der Waals surface area contributed by atoms with Crippen LogP contribution in [-0.4, -0.2) is 49.7 Å². The van der Waals surface area contributed by atoms with Crippen molar-refractivity contribution in [2.75, 3.05) is 25.9 Å². The van der Waals surface area contributed by atoms with Crippen molar-refractivity contribution in [3.05, 3.63) is 0 Å². The summed E-state index contributed by atoms with van der Waals surface area (Å²) < 4.78 is 24.4. The second-order valence-electron chi connectivity index (χ2n) is 5.40. The number of carboxylic acid groups (broad SMARTS) is 1. The van der Waals surface area contributed by atoms with Crippen LogP contribution in [0.3, 0.4) is 0 Å². The summed E-state index contributed by atoms with van der Waals surface area (Å²) in [5.74, 6) is -0.848. The third-order valence-corrected chi connectivity index (χ3v) is 4.93. The zero-order valence-corrected chi connectivity index (χ0v) is 11.7. The van der Waals surface area contributed by atoms with Gasteiger partial charge in [0.25, 0.3) is 0 Å². The molecule has 0 saturated carbocycles. The minimum absolute atomic E-state index is 0.0672. The van der Waals surface area contributed by atoms with E-state index >= 15 is 0 Å². The predicted molar refractivity (Wildman–Crippen MR) is 68.6 cm³/mol. The number of carboxylic acids is 1. The first kappa shape index (κ1) is 15.4. The fourth-order valence-electron chi connectivity index (χ4n) is 2.39. The normalized spacial score (nSPS) is 25.6. The van der Waals surface area contributed by atoms with Crippen LogP contribution < -0.4 is 5.73 Å². The molecule has 1 saturated heterocycles. The molecule has 0 aromatic rings. The summed E-state index contributed by atoms with van der Waals surface area (Å²) in [5.41, 5.74) is 4.57. The van der Waals surface area contributed by atoms with Crippen LogP contribution in [0.5, 0.6) is 0 Å². The lowest BCUT2D eigenvalue weighted by atomic mass is 9.78. The molecular formula is C11H22N2O4S. The van der Waals surface area contributed by atoms with E-state index in [1.165, 1.54) is 10.6 Å². The standard InChI is InChI=1S/C11H22N2O4S/c1-11(8-12,10(14)15)6-9-4-3-5-13(7-9)18(2,16)17/h9H,3-8,12H2,1-2H3,(H,14,15). The number of aliphatic carboxylic acids is 1. The summed E-state index contributed by atoms with van der Waals surface area (Å²) >= 11 is 0. The van der Waals surface area contributed by atoms with Crippen molar-refractivity contribution in [1.29, 1.82) is 0 Å². The van der Waals surface area contributed by atoms with Crippen molar-refractivity contribution in [2.45, 2.75) is 26.2 Å². The van der Waals surface area contributed by atoms with Gasteiger partial charge in [-0.2, -0.15) is 0 Å². The molecule has 3 N–H and O–H groups in total. The van der Waals surface area contributed by atoms with Gasteiger partial charge in [-0.3, -0.25) is 4.79 Å². The maximum absolute atomic E-state index is 11.5. The molecule has 1 heterocycles. The number of piperidine rings is 1. The van der Waals surface area contributed by atoms with Gasteiger partial charge in [0.15, 0.2) is 0 Å². The average molecular weight is 278 g/mol. The fourth-order valence-corrected chi connectivity index (χ4v) is 3.33. The lowest BCUT2D eigenvalue weighted by Crippen LogP contribution is -2.44. The van der Waals surface area contributed by atoms with E-state index in [4.69, 9.17) is 5.73 Å². The number of hydrogen-bond acceptors (Lipinski definition) is 4. The molecule has 1 fully saturated rings. The number of rotatable bonds is 5. The lowest BCUT2D eigenvalue weighted by Gasteiger charge is -2.35. The number of nitrogens with zero attached hydrogens (tertiary/aromatic N) is 1. The second-order valence-corrected chi connectivity index (χ2v) is 7.39. The summed E-state index contributed by atoms with van der Waals surface area (Å²) in [6.07, 6.45) is 3.24. The highest BCUT2D eigenvalue weighted by Gasteiger charge is 2.36. The molecule has 6 nitrogen and oxygen atoms in total. The number of sulfonamides is 1. The van der Waals surface area contributed by atoms with Crippen molar-refractivity contribution >= 4 is 16.0 Å². The Bertz CT molecular complexity index is 409. The van der Waals surface area contributed by atoms with Gasteiger partial charge in [0, 0.05) is 19.6 Å². The van der Waals surface area contributed by atoms with Gasteiger partial charge in [0.2, 0.25) is 10.0 Å². The Balaban J connectivity index is 2.71. The molecule has 1 aliphatic rings. The molecule has 106 valence electrons. The van der Waals surface area contributed by atoms with E-state index in [1.54, 1.807) is 6.92 Å². The van der Waals surface area contributed by atoms with Gasteiger partial charge in [0.1, 0.15) is 0 Å². The van der Waals surface area contributed by atoms with Crippen LogP contribution >= 0.6 is 0 Å². The number of carbonyl (C=O) groups is 1. The molecule has 0 radical (unpaired) electrons. The lowest BCUT2D eigenvalue weighted by molar-refractivity contribution is -0.148. The highest BCUT2D eigenvalue weighted by molar-refractivity contribution is 7.88. The Morgan fingerprint density at radius 2 is 2.17 bits per heavy atom. The molecular weight excluding hydrogens is 256 g/mol. The Kier molecular flexibility index (Phi) is 4.74. The molecule has 1 aliphatic heterocycles. The number of hydrogen-bond donors (Lipinski definition) is 2. The Hall–Kier alpha value is -0.660. The van der Waals surface area contributed by atoms with Gasteiger partial charge < -0.3 is 10.8 Å². The fraction of sp³-hybridized carbons (Fsp3) is 0.909. The van der Waals surface area contributed by atoms with Crippen LogP contribution in [0.2, 0.25) is 0 Å². The van der Waals surface area contributed by atoms with Gasteiger partial charge in [-0.05, 0) is 32.1 Å². The van der Waals surface area contributed by atoms with Crippen molar-refractivity contribution in [3.8, 4) is 0 Å². The van der Waals surface area contributed by atoms with Gasteiger partial charge in [-0.25, -0.2) is 12.7 Å². The smallest absolute Gasteiger partial charge is 0.310 e. The number of nitrogens with two attached hydrogens (primary N) is 1. The van der Waals surface area contributed by atoms with Crippen molar-refractivity contribution in [2.24, 2.45) is 17.1 Å². The van der Waals surface area contributed by atoms with Crippen LogP contribution in [-0.2, 0) is 14.8 Å². The van der Waals surface area contributed by atoms with E-state index in [1.807, 2.05) is 0 Å². The highest BCUT2D eigenvalue weighted by Crippen LogP contribution is 2.31. The monoisotopic (exact) mass is 278 g/mol. The topological polar surface area (TPSA) is 101 Å². The van der Waals surface area contributed by atoms with Gasteiger partial charge in [-0.15, -0.1) is 0 Å². The second kappa shape index (κ2) is 5.54. The van der Waals surface area contributed by atoms with E-state index < -0.39 is 21.4 Å². The Morgan fingerprint density at radius 1 is 1.56 bits per heavy atom. The Labute approximate surface area is 108 Å². The first-order chi connectivity index (χ1) is 8.19. The molecule has 0 bridgehead atoms. The first-order valence-electron chi connectivity index (χ1n) is 6.07. The summed E-state index contributed by atoms with van der Waals surface area (Å²) in [7, 11) is -3.19. The van der Waals surface area contributed by atoms with Gasteiger partial charge in [0.05, 0.1) is 11.7 Å². The van der Waals surface area contributed by atoms with E-state index in [9.17, 15) is 18.3 Å². The molecule has 0 aliphatic carbocycles. The van der Waals surface area contributed by atoms with Crippen LogP contribution in [0.4, 0.5) is 0 Å². The zero-order valence-electron chi connectivity index (χ0n) is 10.9. The molecule has 0 amide bonds. The zero-order chi connectivity index (χ0) is 14.0. The predicted octanol–water partition coefficient (Wildman–Crippen LogP) is 0.0977. The molecule has 1 rings (SSSR count). The molecule has 2 atom stereocenters. The molecule has 18 heavy (non-hydrogen) atoms. The maximum Gasteiger partial charge on any atom is 0.310 e. The summed E-state index contributed by atoms with van der Waals surface area (Å²) in [4.78, 5) is 11.2. The molecule has 2 unspecified atom stereocenters. The largest absolute Gasteiger partial charge is 0.481 e. The van der Waals surface area contributed by atoms with Crippen LogP contribution in [0.1, 0.15) is 26.2 Å². The van der Waals surface area contributed by atoms with Gasteiger partial charge >= 0.3 is 5.97 Å². The SMILES string of the molecule is CC(CN)(CC1CCCN(S(C)(=O)=O)C1)C(=O)O. The molecule has 0 aromatic carbocycles. The average Bonchev–Trinajstić information content (AvgIpc) is 2.28. The van der Waals surface area contributed by atoms with Crippen molar-refractivity contribution in [1.82, 2.24) is 4.31 Å². The first-order valence-corrected chi connectivity index (χ1v) is 7.92. The van der Waals surface area contributed by atoms with E-state index in [-0.39, 0.29) is 12.5 Å². The summed E-state index contributed by atoms with van der Waals surface area (Å²) in [6.45, 7) is 2.62. The van der Waals surface area contributed by atoms with E-state index in [0.29, 0.717) is 19.5 Å². The van der Waals surface area contributed by atoms with Crippen LogP contribution in [0.25, 0.3) is 0 Å². The summed E-state index contributed by atoms with van der Waals surface area (Å²) in [5, 5.41) is 9.18. The maximum atomic E-state index is 11.5. The molecule has 7 heteroatoms. The quantitative estimate of drug-likeness (QED) is 0.742. The van der Waals surface area contributed by atoms with E-state index in [2.05, 4.69) is 0 Å². The molecule has 0 spiro atoms.